The lowest BCUT2D eigenvalue weighted by atomic mass is 10.3. The highest BCUT2D eigenvalue weighted by Gasteiger charge is 2.21. The summed E-state index contributed by atoms with van der Waals surface area (Å²) in [6.45, 7) is 4.04. The van der Waals surface area contributed by atoms with Crippen molar-refractivity contribution in [3.63, 3.8) is 0 Å². The zero-order valence-corrected chi connectivity index (χ0v) is 12.5. The molecule has 0 fully saturated rings. The van der Waals surface area contributed by atoms with Crippen molar-refractivity contribution in [1.29, 1.82) is 0 Å². The van der Waals surface area contributed by atoms with Gasteiger partial charge in [0.15, 0.2) is 0 Å². The molecule has 0 bridgehead atoms. The highest BCUT2D eigenvalue weighted by Crippen LogP contribution is 2.13. The van der Waals surface area contributed by atoms with E-state index in [1.54, 1.807) is 13.8 Å². The second-order valence-electron chi connectivity index (χ2n) is 3.75. The molecule has 1 rings (SSSR count). The molecule has 110 valence electrons. The van der Waals surface area contributed by atoms with Gasteiger partial charge >= 0.3 is 5.97 Å². The van der Waals surface area contributed by atoms with Crippen LogP contribution in [0.5, 0.6) is 0 Å². The van der Waals surface area contributed by atoms with Crippen LogP contribution in [0.3, 0.4) is 0 Å². The first-order chi connectivity index (χ1) is 9.53. The molecular formula is C12H17N3O4S. The Morgan fingerprint density at radius 3 is 2.65 bits per heavy atom. The van der Waals surface area contributed by atoms with Gasteiger partial charge in [-0.05, 0) is 13.8 Å². The molecule has 1 aromatic rings. The van der Waals surface area contributed by atoms with Crippen LogP contribution in [-0.2, 0) is 9.53 Å². The Morgan fingerprint density at radius 1 is 1.40 bits per heavy atom. The van der Waals surface area contributed by atoms with Crippen molar-refractivity contribution in [2.75, 3.05) is 26.7 Å². The monoisotopic (exact) mass is 299 g/mol. The van der Waals surface area contributed by atoms with Crippen LogP contribution in [0.15, 0.2) is 5.38 Å². The Hall–Kier alpha value is -1.96. The van der Waals surface area contributed by atoms with Crippen LogP contribution in [0.25, 0.3) is 0 Å². The van der Waals surface area contributed by atoms with Crippen LogP contribution < -0.4 is 5.32 Å². The molecule has 0 radical (unpaired) electrons. The molecule has 0 saturated carbocycles. The van der Waals surface area contributed by atoms with Crippen molar-refractivity contribution in [3.05, 3.63) is 16.1 Å². The Balaban J connectivity index is 2.80. The number of amides is 2. The first-order valence-corrected chi connectivity index (χ1v) is 7.03. The summed E-state index contributed by atoms with van der Waals surface area (Å²) in [6.07, 6.45) is 0. The predicted octanol–water partition coefficient (Wildman–Crippen LogP) is 0.528. The minimum absolute atomic E-state index is 0.0436. The van der Waals surface area contributed by atoms with Gasteiger partial charge in [-0.2, -0.15) is 0 Å². The number of esters is 1. The quantitative estimate of drug-likeness (QED) is 0.774. The molecule has 0 aliphatic rings. The average Bonchev–Trinajstić information content (AvgIpc) is 2.93. The van der Waals surface area contributed by atoms with Crippen LogP contribution in [0.2, 0.25) is 0 Å². The average molecular weight is 299 g/mol. The van der Waals surface area contributed by atoms with E-state index in [9.17, 15) is 14.4 Å². The summed E-state index contributed by atoms with van der Waals surface area (Å²) in [5.74, 6) is -1.20. The standard InChI is InChI=1S/C12H17N3O4S/c1-4-15(6-9(16)13-3)11(17)8-7-20-10(14-8)12(18)19-5-2/h7H,4-6H2,1-3H3,(H,13,16). The van der Waals surface area contributed by atoms with Crippen molar-refractivity contribution >= 4 is 29.1 Å². The number of hydrogen-bond donors (Lipinski definition) is 1. The summed E-state index contributed by atoms with van der Waals surface area (Å²) in [5.41, 5.74) is 0.142. The zero-order chi connectivity index (χ0) is 15.1. The SMILES string of the molecule is CCOC(=O)c1nc(C(=O)N(CC)CC(=O)NC)cs1. The maximum Gasteiger partial charge on any atom is 0.367 e. The third kappa shape index (κ3) is 4.02. The summed E-state index contributed by atoms with van der Waals surface area (Å²) < 4.78 is 4.81. The van der Waals surface area contributed by atoms with Crippen molar-refractivity contribution in [1.82, 2.24) is 15.2 Å². The number of carbonyl (C=O) groups excluding carboxylic acids is 3. The van der Waals surface area contributed by atoms with Crippen LogP contribution in [0.4, 0.5) is 0 Å². The van der Waals surface area contributed by atoms with Crippen LogP contribution >= 0.6 is 11.3 Å². The van der Waals surface area contributed by atoms with Gasteiger partial charge in [-0.15, -0.1) is 11.3 Å². The fourth-order valence-electron chi connectivity index (χ4n) is 1.40. The van der Waals surface area contributed by atoms with E-state index in [1.165, 1.54) is 17.3 Å². The zero-order valence-electron chi connectivity index (χ0n) is 11.6. The first kappa shape index (κ1) is 16.1. The molecular weight excluding hydrogens is 282 g/mol. The van der Waals surface area contributed by atoms with Gasteiger partial charge < -0.3 is 15.0 Å². The maximum atomic E-state index is 12.2. The minimum Gasteiger partial charge on any atom is -0.461 e. The molecule has 2 amide bonds. The van der Waals surface area contributed by atoms with E-state index in [2.05, 4.69) is 10.3 Å². The number of likely N-dealkylation sites (N-methyl/N-ethyl adjacent to an activating group) is 2. The molecule has 0 aromatic carbocycles. The lowest BCUT2D eigenvalue weighted by molar-refractivity contribution is -0.121. The van der Waals surface area contributed by atoms with E-state index in [0.29, 0.717) is 6.54 Å². The normalized spacial score (nSPS) is 9.95. The van der Waals surface area contributed by atoms with E-state index < -0.39 is 5.97 Å². The molecule has 0 unspecified atom stereocenters. The van der Waals surface area contributed by atoms with E-state index in [4.69, 9.17) is 4.74 Å². The number of thiazole rings is 1. The van der Waals surface area contributed by atoms with Crippen LogP contribution in [0, 0.1) is 0 Å². The molecule has 0 aliphatic carbocycles. The summed E-state index contributed by atoms with van der Waals surface area (Å²) in [5, 5.41) is 4.07. The predicted molar refractivity (Wildman–Crippen MR) is 73.7 cm³/mol. The Bertz CT molecular complexity index is 501. The molecule has 0 atom stereocenters. The van der Waals surface area contributed by atoms with E-state index in [0.717, 1.165) is 11.3 Å². The van der Waals surface area contributed by atoms with Gasteiger partial charge in [0.2, 0.25) is 10.9 Å². The van der Waals surface area contributed by atoms with Crippen LogP contribution in [-0.4, -0.2) is 54.4 Å². The van der Waals surface area contributed by atoms with Crippen molar-refractivity contribution in [3.8, 4) is 0 Å². The van der Waals surface area contributed by atoms with Gasteiger partial charge in [-0.3, -0.25) is 9.59 Å². The van der Waals surface area contributed by atoms with Gasteiger partial charge in [0.1, 0.15) is 5.69 Å². The summed E-state index contributed by atoms with van der Waals surface area (Å²) in [6, 6.07) is 0. The second kappa shape index (κ2) is 7.59. The van der Waals surface area contributed by atoms with E-state index in [-0.39, 0.29) is 35.7 Å². The molecule has 0 aliphatic heterocycles. The number of nitrogens with zero attached hydrogens (tertiary/aromatic N) is 2. The number of rotatable bonds is 6. The Kier molecular flexibility index (Phi) is 6.10. The molecule has 7 nitrogen and oxygen atoms in total. The molecule has 0 spiro atoms. The first-order valence-electron chi connectivity index (χ1n) is 6.15. The lowest BCUT2D eigenvalue weighted by Gasteiger charge is -2.18. The number of carbonyl (C=O) groups is 3. The summed E-state index contributed by atoms with van der Waals surface area (Å²) >= 11 is 1.04. The number of hydrogen-bond acceptors (Lipinski definition) is 6. The Morgan fingerprint density at radius 2 is 2.10 bits per heavy atom. The summed E-state index contributed by atoms with van der Waals surface area (Å²) in [7, 11) is 1.50. The van der Waals surface area contributed by atoms with Gasteiger partial charge in [-0.1, -0.05) is 0 Å². The topological polar surface area (TPSA) is 88.6 Å². The van der Waals surface area contributed by atoms with Crippen LogP contribution in [0.1, 0.15) is 34.1 Å². The smallest absolute Gasteiger partial charge is 0.367 e. The number of ether oxygens (including phenoxy) is 1. The Labute approximate surface area is 120 Å². The van der Waals surface area contributed by atoms with Crippen molar-refractivity contribution in [2.24, 2.45) is 0 Å². The molecule has 1 aromatic heterocycles. The van der Waals surface area contributed by atoms with Gasteiger partial charge in [0, 0.05) is 19.0 Å². The second-order valence-corrected chi connectivity index (χ2v) is 4.61. The highest BCUT2D eigenvalue weighted by atomic mass is 32.1. The molecule has 1 heterocycles. The van der Waals surface area contributed by atoms with Gasteiger partial charge in [-0.25, -0.2) is 9.78 Å². The summed E-state index contributed by atoms with van der Waals surface area (Å²) in [4.78, 5) is 40.3. The number of aromatic nitrogens is 1. The maximum absolute atomic E-state index is 12.2. The molecule has 20 heavy (non-hydrogen) atoms. The lowest BCUT2D eigenvalue weighted by Crippen LogP contribution is -2.39. The van der Waals surface area contributed by atoms with Gasteiger partial charge in [0.25, 0.3) is 5.91 Å². The molecule has 8 heteroatoms. The number of nitrogens with one attached hydrogen (secondary N) is 1. The third-order valence-corrected chi connectivity index (χ3v) is 3.28. The van der Waals surface area contributed by atoms with E-state index >= 15 is 0 Å². The minimum atomic E-state index is -0.550. The fourth-order valence-corrected chi connectivity index (χ4v) is 2.08. The largest absolute Gasteiger partial charge is 0.461 e. The van der Waals surface area contributed by atoms with Crippen molar-refractivity contribution in [2.45, 2.75) is 13.8 Å². The molecule has 1 N–H and O–H groups in total. The highest BCUT2D eigenvalue weighted by molar-refractivity contribution is 7.11. The third-order valence-electron chi connectivity index (χ3n) is 2.46. The molecule has 0 saturated heterocycles. The van der Waals surface area contributed by atoms with E-state index in [1.807, 2.05) is 0 Å². The fraction of sp³-hybridized carbons (Fsp3) is 0.500. The van der Waals surface area contributed by atoms with Crippen molar-refractivity contribution < 1.29 is 19.1 Å². The van der Waals surface area contributed by atoms with Gasteiger partial charge in [0.05, 0.1) is 13.2 Å².